The normalized spacial score (nSPS) is 33.4. The summed E-state index contributed by atoms with van der Waals surface area (Å²) in [4.78, 5) is 0. The quantitative estimate of drug-likeness (QED) is 0.721. The van der Waals surface area contributed by atoms with E-state index in [0.29, 0.717) is 18.2 Å². The molecule has 15 heavy (non-hydrogen) atoms. The highest BCUT2D eigenvalue weighted by molar-refractivity contribution is 4.82. The van der Waals surface area contributed by atoms with E-state index in [1.54, 1.807) is 0 Å². The van der Waals surface area contributed by atoms with Crippen LogP contribution < -0.4 is 5.32 Å². The van der Waals surface area contributed by atoms with Crippen LogP contribution in [0.25, 0.3) is 0 Å². The monoisotopic (exact) mass is 213 g/mol. The number of ether oxygens (including phenoxy) is 2. The van der Waals surface area contributed by atoms with Crippen LogP contribution in [0.3, 0.4) is 0 Å². The van der Waals surface area contributed by atoms with Gasteiger partial charge in [-0.1, -0.05) is 26.2 Å². The molecule has 1 aliphatic heterocycles. The third-order valence-corrected chi connectivity index (χ3v) is 3.39. The Hall–Kier alpha value is -0.120. The lowest BCUT2D eigenvalue weighted by Gasteiger charge is -2.34. The topological polar surface area (TPSA) is 30.5 Å². The molecule has 3 heteroatoms. The number of likely N-dealkylation sites (N-methyl/N-ethyl adjacent to an activating group) is 1. The van der Waals surface area contributed by atoms with Crippen LogP contribution in [0.2, 0.25) is 0 Å². The number of hydrogen-bond acceptors (Lipinski definition) is 3. The Morgan fingerprint density at radius 3 is 2.67 bits per heavy atom. The van der Waals surface area contributed by atoms with Gasteiger partial charge in [0.1, 0.15) is 6.10 Å². The molecule has 1 saturated heterocycles. The second kappa shape index (κ2) is 5.83. The Kier molecular flexibility index (Phi) is 4.42. The molecule has 2 fully saturated rings. The Bertz CT molecular complexity index is 182. The molecule has 2 atom stereocenters. The summed E-state index contributed by atoms with van der Waals surface area (Å²) in [6.45, 7) is 4.82. The second-order valence-electron chi connectivity index (χ2n) is 4.64. The third-order valence-electron chi connectivity index (χ3n) is 3.39. The zero-order valence-electron chi connectivity index (χ0n) is 9.71. The van der Waals surface area contributed by atoms with Gasteiger partial charge in [-0.25, -0.2) is 0 Å². The highest BCUT2D eigenvalue weighted by Gasteiger charge is 2.29. The van der Waals surface area contributed by atoms with Crippen molar-refractivity contribution in [2.45, 2.75) is 57.3 Å². The van der Waals surface area contributed by atoms with E-state index in [-0.39, 0.29) is 0 Å². The first kappa shape index (κ1) is 11.4. The molecule has 2 aliphatic rings. The minimum absolute atomic E-state index is 0.370. The molecule has 1 N–H and O–H groups in total. The van der Waals surface area contributed by atoms with Gasteiger partial charge in [0, 0.05) is 6.04 Å². The van der Waals surface area contributed by atoms with Crippen LogP contribution in [0.15, 0.2) is 0 Å². The van der Waals surface area contributed by atoms with Crippen LogP contribution in [-0.2, 0) is 9.47 Å². The number of rotatable bonds is 4. The summed E-state index contributed by atoms with van der Waals surface area (Å²) in [5.41, 5.74) is 0. The Morgan fingerprint density at radius 2 is 2.00 bits per heavy atom. The van der Waals surface area contributed by atoms with E-state index in [2.05, 4.69) is 12.2 Å². The minimum Gasteiger partial charge on any atom is -0.376 e. The van der Waals surface area contributed by atoms with Crippen LogP contribution in [0.4, 0.5) is 0 Å². The van der Waals surface area contributed by atoms with E-state index in [0.717, 1.165) is 19.8 Å². The van der Waals surface area contributed by atoms with E-state index in [1.165, 1.54) is 32.1 Å². The van der Waals surface area contributed by atoms with E-state index in [4.69, 9.17) is 9.47 Å². The van der Waals surface area contributed by atoms with Gasteiger partial charge in [-0.3, -0.25) is 0 Å². The maximum absolute atomic E-state index is 6.08. The summed E-state index contributed by atoms with van der Waals surface area (Å²) in [6, 6.07) is 0.568. The molecule has 0 radical (unpaired) electrons. The summed E-state index contributed by atoms with van der Waals surface area (Å²) in [6.07, 6.45) is 7.30. The first-order valence-electron chi connectivity index (χ1n) is 6.36. The minimum atomic E-state index is 0.370. The molecule has 0 amide bonds. The molecule has 1 aliphatic carbocycles. The predicted molar refractivity (Wildman–Crippen MR) is 60.0 cm³/mol. The molecule has 1 heterocycles. The fraction of sp³-hybridized carbons (Fsp3) is 1.00. The standard InChI is InChI=1S/C12H23NO2/c1-2-13-11-6-4-3-5-7-12(11)15-10-8-14-9-10/h10-13H,2-9H2,1H3. The highest BCUT2D eigenvalue weighted by Crippen LogP contribution is 2.23. The fourth-order valence-electron chi connectivity index (χ4n) is 2.47. The third kappa shape index (κ3) is 3.16. The Morgan fingerprint density at radius 1 is 1.20 bits per heavy atom. The summed E-state index contributed by atoms with van der Waals surface area (Å²) in [7, 11) is 0. The van der Waals surface area contributed by atoms with Crippen LogP contribution in [0.1, 0.15) is 39.0 Å². The van der Waals surface area contributed by atoms with Crippen molar-refractivity contribution in [3.8, 4) is 0 Å². The van der Waals surface area contributed by atoms with E-state index in [1.807, 2.05) is 0 Å². The SMILES string of the molecule is CCNC1CCCCCC1OC1COC1. The van der Waals surface area contributed by atoms with Crippen LogP contribution in [0.5, 0.6) is 0 Å². The van der Waals surface area contributed by atoms with Crippen molar-refractivity contribution >= 4 is 0 Å². The van der Waals surface area contributed by atoms with Crippen LogP contribution >= 0.6 is 0 Å². The molecule has 0 spiro atoms. The van der Waals surface area contributed by atoms with Crippen molar-refractivity contribution in [1.29, 1.82) is 0 Å². The van der Waals surface area contributed by atoms with Crippen molar-refractivity contribution in [1.82, 2.24) is 5.32 Å². The maximum atomic E-state index is 6.08. The van der Waals surface area contributed by atoms with Crippen LogP contribution in [0, 0.1) is 0 Å². The molecule has 0 aromatic carbocycles. The summed E-state index contributed by atoms with van der Waals surface area (Å²) >= 11 is 0. The summed E-state index contributed by atoms with van der Waals surface area (Å²) in [5.74, 6) is 0. The predicted octanol–water partition coefficient (Wildman–Crippen LogP) is 1.71. The van der Waals surface area contributed by atoms with Crippen LogP contribution in [-0.4, -0.2) is 38.0 Å². The van der Waals surface area contributed by atoms with Crippen molar-refractivity contribution in [2.75, 3.05) is 19.8 Å². The first-order chi connectivity index (χ1) is 7.40. The van der Waals surface area contributed by atoms with E-state index >= 15 is 0 Å². The van der Waals surface area contributed by atoms with Crippen molar-refractivity contribution in [3.05, 3.63) is 0 Å². The lowest BCUT2D eigenvalue weighted by molar-refractivity contribution is -0.161. The zero-order valence-corrected chi connectivity index (χ0v) is 9.71. The Balaban J connectivity index is 1.83. The lowest BCUT2D eigenvalue weighted by Crippen LogP contribution is -2.47. The molecular weight excluding hydrogens is 190 g/mol. The summed E-state index contributed by atoms with van der Waals surface area (Å²) in [5, 5.41) is 3.56. The van der Waals surface area contributed by atoms with Gasteiger partial charge in [-0.05, 0) is 19.4 Å². The van der Waals surface area contributed by atoms with Gasteiger partial charge in [0.25, 0.3) is 0 Å². The Labute approximate surface area is 92.5 Å². The van der Waals surface area contributed by atoms with Gasteiger partial charge >= 0.3 is 0 Å². The molecule has 88 valence electrons. The number of nitrogens with one attached hydrogen (secondary N) is 1. The fourth-order valence-corrected chi connectivity index (χ4v) is 2.47. The van der Waals surface area contributed by atoms with Crippen molar-refractivity contribution in [2.24, 2.45) is 0 Å². The molecule has 0 bridgehead atoms. The zero-order chi connectivity index (χ0) is 10.5. The largest absolute Gasteiger partial charge is 0.376 e. The molecule has 0 aromatic rings. The molecule has 1 saturated carbocycles. The lowest BCUT2D eigenvalue weighted by atomic mass is 10.1. The maximum Gasteiger partial charge on any atom is 0.105 e. The molecule has 2 rings (SSSR count). The first-order valence-corrected chi connectivity index (χ1v) is 6.36. The molecule has 0 aromatic heterocycles. The van der Waals surface area contributed by atoms with Gasteiger partial charge in [0.15, 0.2) is 0 Å². The van der Waals surface area contributed by atoms with E-state index in [9.17, 15) is 0 Å². The number of hydrogen-bond donors (Lipinski definition) is 1. The van der Waals surface area contributed by atoms with Gasteiger partial charge < -0.3 is 14.8 Å². The van der Waals surface area contributed by atoms with Crippen molar-refractivity contribution < 1.29 is 9.47 Å². The van der Waals surface area contributed by atoms with E-state index < -0.39 is 0 Å². The molecule has 2 unspecified atom stereocenters. The van der Waals surface area contributed by atoms with Gasteiger partial charge in [0.2, 0.25) is 0 Å². The average Bonchev–Trinajstić information content (AvgIpc) is 2.38. The highest BCUT2D eigenvalue weighted by atomic mass is 16.6. The smallest absolute Gasteiger partial charge is 0.105 e. The molecule has 3 nitrogen and oxygen atoms in total. The second-order valence-corrected chi connectivity index (χ2v) is 4.64. The van der Waals surface area contributed by atoms with Gasteiger partial charge in [0.05, 0.1) is 19.3 Å². The average molecular weight is 213 g/mol. The molecular formula is C12H23NO2. The van der Waals surface area contributed by atoms with Gasteiger partial charge in [-0.15, -0.1) is 0 Å². The summed E-state index contributed by atoms with van der Waals surface area (Å²) < 4.78 is 11.2. The van der Waals surface area contributed by atoms with Gasteiger partial charge in [-0.2, -0.15) is 0 Å². The van der Waals surface area contributed by atoms with Crippen molar-refractivity contribution in [3.63, 3.8) is 0 Å².